The van der Waals surface area contributed by atoms with E-state index in [1.165, 1.54) is 0 Å². The third kappa shape index (κ3) is 3.24. The zero-order chi connectivity index (χ0) is 18.8. The van der Waals surface area contributed by atoms with Crippen LogP contribution in [-0.2, 0) is 0 Å². The third-order valence-corrected chi connectivity index (χ3v) is 4.66. The summed E-state index contributed by atoms with van der Waals surface area (Å²) >= 11 is 0. The molecule has 136 valence electrons. The van der Waals surface area contributed by atoms with Gasteiger partial charge in [0.1, 0.15) is 5.75 Å². The fraction of sp³-hybridized carbons (Fsp3) is 0.182. The van der Waals surface area contributed by atoms with Crippen LogP contribution >= 0.6 is 0 Å². The standard InChI is InChI=1S/C22H20N2O3/c1-2-3-13-27-15-9-7-14(8-10-15)21(25)23-18-11-12-19-20-16(18)5-4-6-17(20)22(26)24-19/h4-12H,2-3,13H2,1H3,(H,23,25)(H,24,26). The maximum absolute atomic E-state index is 12.6. The van der Waals surface area contributed by atoms with Gasteiger partial charge in [-0.2, -0.15) is 0 Å². The number of hydrogen-bond acceptors (Lipinski definition) is 3. The highest BCUT2D eigenvalue weighted by atomic mass is 16.5. The molecule has 0 fully saturated rings. The van der Waals surface area contributed by atoms with Gasteiger partial charge in [-0.05, 0) is 48.9 Å². The molecular weight excluding hydrogens is 340 g/mol. The first-order valence-corrected chi connectivity index (χ1v) is 9.08. The smallest absolute Gasteiger partial charge is 0.256 e. The molecule has 0 saturated heterocycles. The SMILES string of the molecule is CCCCOc1ccc(C(=O)Nc2ccc3c4c(cccc24)C(=O)N3)cc1. The number of unbranched alkanes of at least 4 members (excludes halogenated alkanes) is 1. The van der Waals surface area contributed by atoms with E-state index in [1.54, 1.807) is 30.3 Å². The zero-order valence-corrected chi connectivity index (χ0v) is 15.0. The Kier molecular flexibility index (Phi) is 4.50. The number of rotatable bonds is 6. The third-order valence-electron chi connectivity index (χ3n) is 4.66. The first-order chi connectivity index (χ1) is 13.2. The van der Waals surface area contributed by atoms with E-state index in [0.717, 1.165) is 35.1 Å². The molecule has 1 aliphatic rings. The van der Waals surface area contributed by atoms with Crippen molar-refractivity contribution in [3.63, 3.8) is 0 Å². The molecule has 5 heteroatoms. The Hall–Kier alpha value is -3.34. The van der Waals surface area contributed by atoms with Gasteiger partial charge in [0.05, 0.1) is 6.61 Å². The Morgan fingerprint density at radius 2 is 1.89 bits per heavy atom. The largest absolute Gasteiger partial charge is 0.494 e. The normalized spacial score (nSPS) is 12.1. The lowest BCUT2D eigenvalue weighted by atomic mass is 10.0. The fourth-order valence-corrected chi connectivity index (χ4v) is 3.23. The molecule has 0 atom stereocenters. The lowest BCUT2D eigenvalue weighted by molar-refractivity contribution is 0.102. The van der Waals surface area contributed by atoms with E-state index in [2.05, 4.69) is 17.6 Å². The highest BCUT2D eigenvalue weighted by Gasteiger charge is 2.22. The van der Waals surface area contributed by atoms with Crippen LogP contribution in [0.4, 0.5) is 11.4 Å². The lowest BCUT2D eigenvalue weighted by Gasteiger charge is -2.10. The Labute approximate surface area is 157 Å². The molecule has 1 aliphatic heterocycles. The summed E-state index contributed by atoms with van der Waals surface area (Å²) in [6.45, 7) is 2.79. The Balaban J connectivity index is 1.55. The molecule has 0 unspecified atom stereocenters. The minimum Gasteiger partial charge on any atom is -0.494 e. The second kappa shape index (κ2) is 7.11. The van der Waals surface area contributed by atoms with Gasteiger partial charge in [-0.3, -0.25) is 9.59 Å². The fourth-order valence-electron chi connectivity index (χ4n) is 3.23. The van der Waals surface area contributed by atoms with Gasteiger partial charge in [0.15, 0.2) is 0 Å². The van der Waals surface area contributed by atoms with Crippen molar-refractivity contribution in [2.45, 2.75) is 19.8 Å². The van der Waals surface area contributed by atoms with Crippen LogP contribution in [0.1, 0.15) is 40.5 Å². The van der Waals surface area contributed by atoms with Crippen LogP contribution in [0.3, 0.4) is 0 Å². The highest BCUT2D eigenvalue weighted by molar-refractivity contribution is 6.26. The molecule has 0 aliphatic carbocycles. The number of benzene rings is 3. The van der Waals surface area contributed by atoms with E-state index < -0.39 is 0 Å². The molecule has 1 heterocycles. The second-order valence-corrected chi connectivity index (χ2v) is 6.52. The number of carbonyl (C=O) groups is 2. The molecule has 27 heavy (non-hydrogen) atoms. The molecule has 2 amide bonds. The lowest BCUT2D eigenvalue weighted by Crippen LogP contribution is -2.12. The van der Waals surface area contributed by atoms with Crippen molar-refractivity contribution in [1.82, 2.24) is 0 Å². The summed E-state index contributed by atoms with van der Waals surface area (Å²) in [6.07, 6.45) is 2.08. The summed E-state index contributed by atoms with van der Waals surface area (Å²) in [5, 5.41) is 7.49. The predicted molar refractivity (Wildman–Crippen MR) is 107 cm³/mol. The first kappa shape index (κ1) is 17.1. The van der Waals surface area contributed by atoms with E-state index in [-0.39, 0.29) is 11.8 Å². The van der Waals surface area contributed by atoms with Crippen molar-refractivity contribution in [1.29, 1.82) is 0 Å². The van der Waals surface area contributed by atoms with Crippen LogP contribution < -0.4 is 15.4 Å². The molecule has 0 saturated carbocycles. The van der Waals surface area contributed by atoms with Crippen LogP contribution in [0.15, 0.2) is 54.6 Å². The summed E-state index contributed by atoms with van der Waals surface area (Å²) in [4.78, 5) is 24.7. The summed E-state index contributed by atoms with van der Waals surface area (Å²) in [6, 6.07) is 16.3. The number of ether oxygens (including phenoxy) is 1. The number of amides is 2. The number of nitrogens with one attached hydrogen (secondary N) is 2. The molecule has 3 aromatic rings. The molecule has 0 bridgehead atoms. The summed E-state index contributed by atoms with van der Waals surface area (Å²) < 4.78 is 5.63. The number of carbonyl (C=O) groups excluding carboxylic acids is 2. The Morgan fingerprint density at radius 1 is 1.07 bits per heavy atom. The van der Waals surface area contributed by atoms with E-state index >= 15 is 0 Å². The van der Waals surface area contributed by atoms with Gasteiger partial charge in [0.2, 0.25) is 0 Å². The van der Waals surface area contributed by atoms with Crippen LogP contribution in [0.25, 0.3) is 10.8 Å². The Bertz CT molecular complexity index is 1030. The van der Waals surface area contributed by atoms with E-state index in [4.69, 9.17) is 4.74 Å². The molecular formula is C22H20N2O3. The van der Waals surface area contributed by atoms with Crippen molar-refractivity contribution >= 4 is 34.0 Å². The van der Waals surface area contributed by atoms with E-state index in [9.17, 15) is 9.59 Å². The predicted octanol–water partition coefficient (Wildman–Crippen LogP) is 4.84. The number of anilines is 2. The van der Waals surface area contributed by atoms with E-state index in [0.29, 0.717) is 23.4 Å². The Morgan fingerprint density at radius 3 is 2.67 bits per heavy atom. The number of hydrogen-bond donors (Lipinski definition) is 2. The van der Waals surface area contributed by atoms with Crippen LogP contribution in [-0.4, -0.2) is 18.4 Å². The molecule has 4 rings (SSSR count). The maximum Gasteiger partial charge on any atom is 0.256 e. The van der Waals surface area contributed by atoms with Gasteiger partial charge in [0, 0.05) is 33.3 Å². The van der Waals surface area contributed by atoms with Gasteiger partial charge in [-0.25, -0.2) is 0 Å². The molecule has 2 N–H and O–H groups in total. The zero-order valence-electron chi connectivity index (χ0n) is 15.0. The average molecular weight is 360 g/mol. The van der Waals surface area contributed by atoms with Crippen molar-refractivity contribution < 1.29 is 14.3 Å². The van der Waals surface area contributed by atoms with Gasteiger partial charge >= 0.3 is 0 Å². The van der Waals surface area contributed by atoms with Gasteiger partial charge in [-0.1, -0.05) is 25.5 Å². The maximum atomic E-state index is 12.6. The topological polar surface area (TPSA) is 67.4 Å². The minimum atomic E-state index is -0.201. The molecule has 0 radical (unpaired) electrons. The van der Waals surface area contributed by atoms with Crippen molar-refractivity contribution in [2.75, 3.05) is 17.2 Å². The van der Waals surface area contributed by atoms with Crippen molar-refractivity contribution in [3.05, 3.63) is 65.7 Å². The minimum absolute atomic E-state index is 0.113. The monoisotopic (exact) mass is 360 g/mol. The highest BCUT2D eigenvalue weighted by Crippen LogP contribution is 2.37. The average Bonchev–Trinajstić information content (AvgIpc) is 3.02. The van der Waals surface area contributed by atoms with Crippen LogP contribution in [0.5, 0.6) is 5.75 Å². The molecule has 3 aromatic carbocycles. The van der Waals surface area contributed by atoms with Gasteiger partial charge in [-0.15, -0.1) is 0 Å². The van der Waals surface area contributed by atoms with Crippen LogP contribution in [0, 0.1) is 0 Å². The summed E-state index contributed by atoms with van der Waals surface area (Å²) in [5.74, 6) is 0.445. The summed E-state index contributed by atoms with van der Waals surface area (Å²) in [7, 11) is 0. The molecule has 5 nitrogen and oxygen atoms in total. The quantitative estimate of drug-likeness (QED) is 0.618. The van der Waals surface area contributed by atoms with E-state index in [1.807, 2.05) is 24.3 Å². The second-order valence-electron chi connectivity index (χ2n) is 6.52. The first-order valence-electron chi connectivity index (χ1n) is 9.08. The van der Waals surface area contributed by atoms with Crippen LogP contribution in [0.2, 0.25) is 0 Å². The molecule has 0 spiro atoms. The van der Waals surface area contributed by atoms with Crippen molar-refractivity contribution in [2.24, 2.45) is 0 Å². The van der Waals surface area contributed by atoms with Gasteiger partial charge in [0.25, 0.3) is 11.8 Å². The van der Waals surface area contributed by atoms with Crippen molar-refractivity contribution in [3.8, 4) is 5.75 Å². The van der Waals surface area contributed by atoms with Gasteiger partial charge < -0.3 is 15.4 Å². The molecule has 0 aromatic heterocycles. The summed E-state index contributed by atoms with van der Waals surface area (Å²) in [5.41, 5.74) is 2.64.